The lowest BCUT2D eigenvalue weighted by atomic mass is 10.2. The van der Waals surface area contributed by atoms with Crippen molar-refractivity contribution in [2.75, 3.05) is 23.9 Å². The van der Waals surface area contributed by atoms with E-state index in [1.54, 1.807) is 60.5 Å². The highest BCUT2D eigenvalue weighted by Crippen LogP contribution is 2.21. The first-order valence-electron chi connectivity index (χ1n) is 7.47. The third kappa shape index (κ3) is 4.99. The van der Waals surface area contributed by atoms with Crippen LogP contribution in [0.1, 0.15) is 13.3 Å². The summed E-state index contributed by atoms with van der Waals surface area (Å²) in [5, 5.41) is 3.32. The second-order valence-corrected chi connectivity index (χ2v) is 5.62. The molecule has 0 heterocycles. The molecule has 2 rings (SSSR count). The van der Waals surface area contributed by atoms with Crippen molar-refractivity contribution in [1.82, 2.24) is 0 Å². The lowest BCUT2D eigenvalue weighted by Gasteiger charge is -2.21. The third-order valence-electron chi connectivity index (χ3n) is 3.42. The number of rotatable bonds is 6. The number of amides is 2. The van der Waals surface area contributed by atoms with Crippen molar-refractivity contribution in [3.05, 3.63) is 53.6 Å². The summed E-state index contributed by atoms with van der Waals surface area (Å²) in [6.45, 7) is 1.74. The van der Waals surface area contributed by atoms with Gasteiger partial charge in [0.05, 0.1) is 7.11 Å². The Morgan fingerprint density at radius 2 is 1.92 bits per heavy atom. The number of anilines is 2. The zero-order valence-electron chi connectivity index (χ0n) is 13.6. The van der Waals surface area contributed by atoms with Crippen molar-refractivity contribution < 1.29 is 14.3 Å². The van der Waals surface area contributed by atoms with E-state index in [-0.39, 0.29) is 24.8 Å². The van der Waals surface area contributed by atoms with Gasteiger partial charge in [0, 0.05) is 42.4 Å². The molecule has 0 fully saturated rings. The first kappa shape index (κ1) is 17.8. The van der Waals surface area contributed by atoms with Gasteiger partial charge in [0.25, 0.3) is 0 Å². The van der Waals surface area contributed by atoms with E-state index < -0.39 is 0 Å². The smallest absolute Gasteiger partial charge is 0.226 e. The number of halogens is 1. The Labute approximate surface area is 146 Å². The van der Waals surface area contributed by atoms with Gasteiger partial charge in [-0.1, -0.05) is 23.7 Å². The first-order chi connectivity index (χ1) is 11.5. The van der Waals surface area contributed by atoms with E-state index in [9.17, 15) is 9.59 Å². The highest BCUT2D eigenvalue weighted by atomic mass is 35.5. The molecule has 1 N–H and O–H groups in total. The fourth-order valence-electron chi connectivity index (χ4n) is 2.25. The van der Waals surface area contributed by atoms with Gasteiger partial charge < -0.3 is 15.0 Å². The SMILES string of the molecule is COc1cccc(N(CCC(=O)Nc2cccc(Cl)c2)C(C)=O)c1. The molecule has 0 aliphatic carbocycles. The number of benzene rings is 2. The number of carbonyl (C=O) groups is 2. The number of methoxy groups -OCH3 is 1. The molecule has 2 amide bonds. The molecule has 0 aliphatic heterocycles. The normalized spacial score (nSPS) is 10.1. The fourth-order valence-corrected chi connectivity index (χ4v) is 2.44. The molecule has 2 aromatic rings. The Morgan fingerprint density at radius 1 is 1.17 bits per heavy atom. The van der Waals surface area contributed by atoms with Gasteiger partial charge in [0.2, 0.25) is 11.8 Å². The summed E-state index contributed by atoms with van der Waals surface area (Å²) in [4.78, 5) is 25.5. The summed E-state index contributed by atoms with van der Waals surface area (Å²) < 4.78 is 5.17. The molecule has 0 unspecified atom stereocenters. The van der Waals surface area contributed by atoms with E-state index in [0.717, 1.165) is 0 Å². The van der Waals surface area contributed by atoms with Gasteiger partial charge >= 0.3 is 0 Å². The van der Waals surface area contributed by atoms with E-state index in [1.165, 1.54) is 6.92 Å². The zero-order chi connectivity index (χ0) is 17.5. The van der Waals surface area contributed by atoms with Crippen molar-refractivity contribution in [3.63, 3.8) is 0 Å². The van der Waals surface area contributed by atoms with Crippen LogP contribution in [0.2, 0.25) is 5.02 Å². The van der Waals surface area contributed by atoms with Gasteiger partial charge in [-0.15, -0.1) is 0 Å². The topological polar surface area (TPSA) is 58.6 Å². The van der Waals surface area contributed by atoms with Gasteiger partial charge in [0.1, 0.15) is 5.75 Å². The molecule has 0 spiro atoms. The summed E-state index contributed by atoms with van der Waals surface area (Å²) in [5.41, 5.74) is 1.32. The first-order valence-corrected chi connectivity index (χ1v) is 7.85. The van der Waals surface area contributed by atoms with Crippen molar-refractivity contribution >= 4 is 34.8 Å². The minimum absolute atomic E-state index is 0.140. The molecule has 0 aliphatic rings. The minimum Gasteiger partial charge on any atom is -0.497 e. The maximum absolute atomic E-state index is 12.1. The van der Waals surface area contributed by atoms with E-state index in [1.807, 2.05) is 0 Å². The van der Waals surface area contributed by atoms with Crippen LogP contribution in [0.5, 0.6) is 5.75 Å². The summed E-state index contributed by atoms with van der Waals surface area (Å²) >= 11 is 5.89. The molecule has 0 bridgehead atoms. The summed E-state index contributed by atoms with van der Waals surface area (Å²) in [5.74, 6) is 0.326. The molecule has 5 nitrogen and oxygen atoms in total. The zero-order valence-corrected chi connectivity index (χ0v) is 14.3. The van der Waals surface area contributed by atoms with Crippen molar-refractivity contribution in [3.8, 4) is 5.75 Å². The van der Waals surface area contributed by atoms with Crippen LogP contribution >= 0.6 is 11.6 Å². The van der Waals surface area contributed by atoms with Crippen LogP contribution in [0, 0.1) is 0 Å². The number of ether oxygens (including phenoxy) is 1. The van der Waals surface area contributed by atoms with Gasteiger partial charge in [-0.05, 0) is 30.3 Å². The minimum atomic E-state index is -0.189. The maximum Gasteiger partial charge on any atom is 0.226 e. The van der Waals surface area contributed by atoms with Crippen molar-refractivity contribution in [2.24, 2.45) is 0 Å². The van der Waals surface area contributed by atoms with E-state index >= 15 is 0 Å². The molecule has 0 saturated carbocycles. The monoisotopic (exact) mass is 346 g/mol. The third-order valence-corrected chi connectivity index (χ3v) is 3.65. The van der Waals surface area contributed by atoms with Crippen LogP contribution < -0.4 is 15.0 Å². The Kier molecular flexibility index (Phi) is 6.21. The second kappa shape index (κ2) is 8.36. The number of hydrogen-bond acceptors (Lipinski definition) is 3. The summed E-state index contributed by atoms with van der Waals surface area (Å²) in [7, 11) is 1.57. The number of carbonyl (C=O) groups excluding carboxylic acids is 2. The molecule has 126 valence electrons. The number of nitrogens with one attached hydrogen (secondary N) is 1. The number of hydrogen-bond donors (Lipinski definition) is 1. The van der Waals surface area contributed by atoms with Crippen LogP contribution in [0.15, 0.2) is 48.5 Å². The summed E-state index contributed by atoms with van der Waals surface area (Å²) in [6, 6.07) is 14.1. The largest absolute Gasteiger partial charge is 0.497 e. The van der Waals surface area contributed by atoms with Crippen molar-refractivity contribution in [2.45, 2.75) is 13.3 Å². The van der Waals surface area contributed by atoms with Crippen LogP contribution in [-0.2, 0) is 9.59 Å². The lowest BCUT2D eigenvalue weighted by Crippen LogP contribution is -2.31. The molecule has 0 saturated heterocycles. The average molecular weight is 347 g/mol. The Morgan fingerprint density at radius 3 is 2.58 bits per heavy atom. The molecule has 2 aromatic carbocycles. The van der Waals surface area contributed by atoms with Gasteiger partial charge in [-0.25, -0.2) is 0 Å². The lowest BCUT2D eigenvalue weighted by molar-refractivity contribution is -0.117. The van der Waals surface area contributed by atoms with Crippen LogP contribution in [0.25, 0.3) is 0 Å². The predicted octanol–water partition coefficient (Wildman–Crippen LogP) is 3.73. The van der Waals surface area contributed by atoms with Crippen molar-refractivity contribution in [1.29, 1.82) is 0 Å². The molecule has 6 heteroatoms. The van der Waals surface area contributed by atoms with E-state index in [4.69, 9.17) is 16.3 Å². The maximum atomic E-state index is 12.1. The fraction of sp³-hybridized carbons (Fsp3) is 0.222. The average Bonchev–Trinajstić information content (AvgIpc) is 2.55. The quantitative estimate of drug-likeness (QED) is 0.867. The van der Waals surface area contributed by atoms with E-state index in [0.29, 0.717) is 22.1 Å². The van der Waals surface area contributed by atoms with Crippen LogP contribution in [-0.4, -0.2) is 25.5 Å². The summed E-state index contributed by atoms with van der Waals surface area (Å²) in [6.07, 6.45) is 0.170. The second-order valence-electron chi connectivity index (χ2n) is 5.18. The Hall–Kier alpha value is -2.53. The Balaban J connectivity index is 2.00. The van der Waals surface area contributed by atoms with E-state index in [2.05, 4.69) is 5.32 Å². The number of nitrogens with zero attached hydrogens (tertiary/aromatic N) is 1. The molecule has 0 aromatic heterocycles. The van der Waals surface area contributed by atoms with Gasteiger partial charge in [0.15, 0.2) is 0 Å². The van der Waals surface area contributed by atoms with Crippen LogP contribution in [0.4, 0.5) is 11.4 Å². The highest BCUT2D eigenvalue weighted by molar-refractivity contribution is 6.30. The predicted molar refractivity (Wildman–Crippen MR) is 95.7 cm³/mol. The molecular formula is C18H19ClN2O3. The Bertz CT molecular complexity index is 734. The molecule has 24 heavy (non-hydrogen) atoms. The molecule has 0 radical (unpaired) electrons. The van der Waals surface area contributed by atoms with Gasteiger partial charge in [-0.2, -0.15) is 0 Å². The van der Waals surface area contributed by atoms with Gasteiger partial charge in [-0.3, -0.25) is 9.59 Å². The highest BCUT2D eigenvalue weighted by Gasteiger charge is 2.14. The molecule has 0 atom stereocenters. The van der Waals surface area contributed by atoms with Crippen LogP contribution in [0.3, 0.4) is 0 Å². The standard InChI is InChI=1S/C18H19ClN2O3/c1-13(22)21(16-7-4-8-17(12-16)24-2)10-9-18(23)20-15-6-3-5-14(19)11-15/h3-8,11-12H,9-10H2,1-2H3,(H,20,23). The molecular weight excluding hydrogens is 328 g/mol.